The van der Waals surface area contributed by atoms with Crippen molar-refractivity contribution in [2.24, 2.45) is 5.92 Å². The highest BCUT2D eigenvalue weighted by atomic mass is 35.5. The van der Waals surface area contributed by atoms with Gasteiger partial charge in [0.15, 0.2) is 11.7 Å². The minimum atomic E-state index is -1.57. The summed E-state index contributed by atoms with van der Waals surface area (Å²) >= 11 is 11.7. The van der Waals surface area contributed by atoms with Crippen molar-refractivity contribution >= 4 is 52.5 Å². The Morgan fingerprint density at radius 2 is 1.90 bits per heavy atom. The average Bonchev–Trinajstić information content (AvgIpc) is 2.32. The van der Waals surface area contributed by atoms with Gasteiger partial charge in [-0.05, 0) is 25.1 Å². The van der Waals surface area contributed by atoms with E-state index in [0.717, 1.165) is 6.92 Å². The first-order valence-electron chi connectivity index (χ1n) is 5.47. The first kappa shape index (κ1) is 14.5. The maximum absolute atomic E-state index is 12.2. The van der Waals surface area contributed by atoms with Crippen LogP contribution < -0.4 is 10.2 Å². The number of hydrogen-bond acceptors (Lipinski definition) is 4. The Bertz CT molecular complexity index is 644. The quantitative estimate of drug-likeness (QED) is 0.843. The van der Waals surface area contributed by atoms with Gasteiger partial charge in [-0.25, -0.2) is 9.69 Å². The van der Waals surface area contributed by atoms with Gasteiger partial charge >= 0.3 is 6.03 Å². The zero-order valence-corrected chi connectivity index (χ0v) is 11.7. The fourth-order valence-electron chi connectivity index (χ4n) is 1.82. The van der Waals surface area contributed by atoms with E-state index in [-0.39, 0.29) is 15.7 Å². The van der Waals surface area contributed by atoms with E-state index in [1.54, 1.807) is 0 Å². The van der Waals surface area contributed by atoms with Crippen LogP contribution in [0.4, 0.5) is 10.5 Å². The molecule has 1 atom stereocenters. The van der Waals surface area contributed by atoms with E-state index in [1.165, 1.54) is 18.2 Å². The summed E-state index contributed by atoms with van der Waals surface area (Å²) in [5.41, 5.74) is 0.0143. The van der Waals surface area contributed by atoms with Crippen LogP contribution in [0.5, 0.6) is 0 Å². The molecule has 0 bridgehead atoms. The van der Waals surface area contributed by atoms with Gasteiger partial charge in [-0.2, -0.15) is 0 Å². The van der Waals surface area contributed by atoms with E-state index in [9.17, 15) is 19.2 Å². The number of halogens is 2. The number of Topliss-reactive ketones (excluding diaryl/α,β-unsaturated/α-hetero) is 1. The van der Waals surface area contributed by atoms with Crippen LogP contribution >= 0.6 is 23.2 Å². The van der Waals surface area contributed by atoms with E-state index >= 15 is 0 Å². The Hall–Kier alpha value is -1.92. The number of carbonyl (C=O) groups excluding carboxylic acids is 4. The molecule has 0 spiro atoms. The molecule has 1 aliphatic rings. The second-order valence-corrected chi connectivity index (χ2v) is 4.95. The SMILES string of the molecule is CC(=O)[C@H]1C(=O)NC(=O)N(c2cc(Cl)ccc2Cl)C1=O. The molecule has 1 fully saturated rings. The summed E-state index contributed by atoms with van der Waals surface area (Å²) in [6, 6.07) is 3.21. The van der Waals surface area contributed by atoms with Gasteiger partial charge in [0, 0.05) is 5.02 Å². The Morgan fingerprint density at radius 3 is 2.50 bits per heavy atom. The minimum Gasteiger partial charge on any atom is -0.299 e. The largest absolute Gasteiger partial charge is 0.335 e. The fraction of sp³-hybridized carbons (Fsp3) is 0.167. The van der Waals surface area contributed by atoms with Gasteiger partial charge in [0.1, 0.15) is 0 Å². The number of barbiturate groups is 1. The molecule has 0 radical (unpaired) electrons. The summed E-state index contributed by atoms with van der Waals surface area (Å²) in [6.07, 6.45) is 0. The molecule has 1 aromatic rings. The second-order valence-electron chi connectivity index (χ2n) is 4.11. The minimum absolute atomic E-state index is 0.0143. The van der Waals surface area contributed by atoms with Crippen LogP contribution in [-0.4, -0.2) is 23.6 Å². The zero-order valence-electron chi connectivity index (χ0n) is 10.1. The Kier molecular flexibility index (Phi) is 3.78. The highest BCUT2D eigenvalue weighted by molar-refractivity contribution is 6.40. The van der Waals surface area contributed by atoms with Crippen molar-refractivity contribution in [1.82, 2.24) is 5.32 Å². The van der Waals surface area contributed by atoms with Crippen LogP contribution in [0.25, 0.3) is 0 Å². The summed E-state index contributed by atoms with van der Waals surface area (Å²) in [4.78, 5) is 47.5. The molecule has 2 rings (SSSR count). The maximum atomic E-state index is 12.2. The van der Waals surface area contributed by atoms with Crippen molar-refractivity contribution in [3.8, 4) is 0 Å². The summed E-state index contributed by atoms with van der Waals surface area (Å²) in [6.45, 7) is 1.09. The normalized spacial score (nSPS) is 19.1. The molecule has 0 aliphatic carbocycles. The predicted molar refractivity (Wildman–Crippen MR) is 71.7 cm³/mol. The van der Waals surface area contributed by atoms with E-state index in [4.69, 9.17) is 23.2 Å². The van der Waals surface area contributed by atoms with Crippen molar-refractivity contribution < 1.29 is 19.2 Å². The lowest BCUT2D eigenvalue weighted by Crippen LogP contribution is -2.60. The predicted octanol–water partition coefficient (Wildman–Crippen LogP) is 1.78. The topological polar surface area (TPSA) is 83.6 Å². The first-order chi connectivity index (χ1) is 9.32. The summed E-state index contributed by atoms with van der Waals surface area (Å²) in [5, 5.41) is 2.28. The molecular formula is C12H8Cl2N2O4. The van der Waals surface area contributed by atoms with Gasteiger partial charge in [-0.1, -0.05) is 23.2 Å². The summed E-state index contributed by atoms with van der Waals surface area (Å²) in [5.74, 6) is -4.12. The smallest absolute Gasteiger partial charge is 0.299 e. The molecule has 1 heterocycles. The van der Waals surface area contributed by atoms with Crippen LogP contribution in [0.1, 0.15) is 6.92 Å². The Labute approximate surface area is 123 Å². The number of imide groups is 2. The van der Waals surface area contributed by atoms with Crippen molar-refractivity contribution in [3.63, 3.8) is 0 Å². The van der Waals surface area contributed by atoms with Crippen LogP contribution in [0.15, 0.2) is 18.2 Å². The molecule has 1 N–H and O–H groups in total. The van der Waals surface area contributed by atoms with Crippen molar-refractivity contribution in [2.45, 2.75) is 6.92 Å². The highest BCUT2D eigenvalue weighted by Crippen LogP contribution is 2.31. The van der Waals surface area contributed by atoms with Crippen LogP contribution in [0.2, 0.25) is 10.0 Å². The third-order valence-electron chi connectivity index (χ3n) is 2.72. The molecule has 6 nitrogen and oxygen atoms in total. The monoisotopic (exact) mass is 314 g/mol. The van der Waals surface area contributed by atoms with Gasteiger partial charge in [-0.15, -0.1) is 0 Å². The number of benzene rings is 1. The number of hydrogen-bond donors (Lipinski definition) is 1. The number of rotatable bonds is 2. The Morgan fingerprint density at radius 1 is 1.25 bits per heavy atom. The van der Waals surface area contributed by atoms with Crippen molar-refractivity contribution in [1.29, 1.82) is 0 Å². The summed E-state index contributed by atoms with van der Waals surface area (Å²) in [7, 11) is 0. The number of nitrogens with one attached hydrogen (secondary N) is 1. The average molecular weight is 315 g/mol. The number of amides is 4. The molecule has 0 aromatic heterocycles. The maximum Gasteiger partial charge on any atom is 0.335 e. The van der Waals surface area contributed by atoms with Crippen molar-refractivity contribution in [3.05, 3.63) is 28.2 Å². The number of ketones is 1. The molecule has 1 saturated heterocycles. The molecule has 0 saturated carbocycles. The molecule has 1 aliphatic heterocycles. The first-order valence-corrected chi connectivity index (χ1v) is 6.23. The third kappa shape index (κ3) is 2.39. The third-order valence-corrected chi connectivity index (χ3v) is 3.27. The second kappa shape index (κ2) is 5.22. The number of carbonyl (C=O) groups is 4. The van der Waals surface area contributed by atoms with Gasteiger partial charge in [0.05, 0.1) is 10.7 Å². The summed E-state index contributed by atoms with van der Waals surface area (Å²) < 4.78 is 0. The van der Waals surface area contributed by atoms with Crippen LogP contribution in [0.3, 0.4) is 0 Å². The van der Waals surface area contributed by atoms with Gasteiger partial charge in [0.2, 0.25) is 5.91 Å². The van der Waals surface area contributed by atoms with Crippen LogP contribution in [0, 0.1) is 5.92 Å². The molecule has 8 heteroatoms. The van der Waals surface area contributed by atoms with Crippen LogP contribution in [-0.2, 0) is 14.4 Å². The van der Waals surface area contributed by atoms with Gasteiger partial charge < -0.3 is 0 Å². The molecule has 20 heavy (non-hydrogen) atoms. The van der Waals surface area contributed by atoms with E-state index in [1.807, 2.05) is 5.32 Å². The van der Waals surface area contributed by atoms with Gasteiger partial charge in [-0.3, -0.25) is 19.7 Å². The number of nitrogens with zero attached hydrogens (tertiary/aromatic N) is 1. The molecule has 4 amide bonds. The highest BCUT2D eigenvalue weighted by Gasteiger charge is 2.44. The molecular weight excluding hydrogens is 307 g/mol. The number of anilines is 1. The standard InChI is InChI=1S/C12H8Cl2N2O4/c1-5(17)9-10(18)15-12(20)16(11(9)19)8-4-6(13)2-3-7(8)14/h2-4,9H,1H3,(H,15,18,20)/t9-/m0/s1. The zero-order chi connectivity index (χ0) is 15.0. The lowest BCUT2D eigenvalue weighted by Gasteiger charge is -2.29. The molecule has 0 unspecified atom stereocenters. The lowest BCUT2D eigenvalue weighted by atomic mass is 10.00. The number of urea groups is 1. The Balaban J connectivity index is 2.52. The van der Waals surface area contributed by atoms with E-state index < -0.39 is 29.5 Å². The van der Waals surface area contributed by atoms with Gasteiger partial charge in [0.25, 0.3) is 5.91 Å². The fourth-order valence-corrected chi connectivity index (χ4v) is 2.19. The van der Waals surface area contributed by atoms with Crippen molar-refractivity contribution in [2.75, 3.05) is 4.90 Å². The molecule has 1 aromatic carbocycles. The van der Waals surface area contributed by atoms with E-state index in [2.05, 4.69) is 0 Å². The lowest BCUT2D eigenvalue weighted by molar-refractivity contribution is -0.140. The van der Waals surface area contributed by atoms with E-state index in [0.29, 0.717) is 4.90 Å². The molecule has 104 valence electrons.